The van der Waals surface area contributed by atoms with Gasteiger partial charge in [0.2, 0.25) is 0 Å². The second-order valence-corrected chi connectivity index (χ2v) is 9.68. The van der Waals surface area contributed by atoms with Crippen LogP contribution in [-0.4, -0.2) is 37.6 Å². The number of thiocarbonyl (C=S) groups is 1. The summed E-state index contributed by atoms with van der Waals surface area (Å²) in [5.41, 5.74) is 3.28. The molecule has 33 heavy (non-hydrogen) atoms. The zero-order chi connectivity index (χ0) is 23.5. The molecule has 1 unspecified atom stereocenters. The van der Waals surface area contributed by atoms with Gasteiger partial charge < -0.3 is 4.74 Å². The number of ether oxygens (including phenoxy) is 1. The Labute approximate surface area is 208 Å². The summed E-state index contributed by atoms with van der Waals surface area (Å²) < 4.78 is 7.96. The van der Waals surface area contributed by atoms with Crippen LogP contribution in [0.1, 0.15) is 32.8 Å². The lowest BCUT2D eigenvalue weighted by Crippen LogP contribution is -2.36. The Morgan fingerprint density at radius 2 is 1.97 bits per heavy atom. The third-order valence-electron chi connectivity index (χ3n) is 5.41. The SMILES string of the molecule is CCOc1ccc(-c2nn(-c3ccccc3)cc2/C=C2/SC(=S)N(C(C)CC)C2=O)cc1Cl. The molecule has 0 saturated carbocycles. The summed E-state index contributed by atoms with van der Waals surface area (Å²) in [5, 5.41) is 5.34. The molecule has 0 aliphatic carbocycles. The number of nitrogens with zero attached hydrogens (tertiary/aromatic N) is 3. The molecule has 1 saturated heterocycles. The smallest absolute Gasteiger partial charge is 0.266 e. The molecule has 1 aliphatic rings. The average molecular weight is 498 g/mol. The van der Waals surface area contributed by atoms with Crippen LogP contribution >= 0.6 is 35.6 Å². The lowest BCUT2D eigenvalue weighted by atomic mass is 10.1. The zero-order valence-corrected chi connectivity index (χ0v) is 21.0. The minimum Gasteiger partial charge on any atom is -0.492 e. The molecular formula is C25H24ClN3O2S2. The summed E-state index contributed by atoms with van der Waals surface area (Å²) in [6.45, 7) is 6.50. The van der Waals surface area contributed by atoms with E-state index in [9.17, 15) is 4.79 Å². The van der Waals surface area contributed by atoms with Crippen molar-refractivity contribution < 1.29 is 9.53 Å². The van der Waals surface area contributed by atoms with Crippen molar-refractivity contribution in [2.75, 3.05) is 6.61 Å². The normalized spacial score (nSPS) is 16.0. The first-order chi connectivity index (χ1) is 15.9. The molecule has 0 radical (unpaired) electrons. The van der Waals surface area contributed by atoms with Crippen molar-refractivity contribution in [3.63, 3.8) is 0 Å². The van der Waals surface area contributed by atoms with Crippen LogP contribution in [0, 0.1) is 0 Å². The van der Waals surface area contributed by atoms with Gasteiger partial charge in [0.25, 0.3) is 5.91 Å². The van der Waals surface area contributed by atoms with Gasteiger partial charge >= 0.3 is 0 Å². The highest BCUT2D eigenvalue weighted by atomic mass is 35.5. The molecule has 4 rings (SSSR count). The summed E-state index contributed by atoms with van der Waals surface area (Å²) >= 11 is 13.3. The van der Waals surface area contributed by atoms with Crippen LogP contribution < -0.4 is 4.74 Å². The van der Waals surface area contributed by atoms with Crippen molar-refractivity contribution in [2.45, 2.75) is 33.2 Å². The van der Waals surface area contributed by atoms with Crippen LogP contribution in [0.3, 0.4) is 0 Å². The standard InChI is InChI=1S/C25H24ClN3O2S2/c1-4-16(3)29-24(30)22(33-25(29)32)14-18-15-28(19-9-7-6-8-10-19)27-23(18)17-11-12-21(31-5-2)20(26)13-17/h6-16H,4-5H2,1-3H3/b22-14+. The van der Waals surface area contributed by atoms with Crippen molar-refractivity contribution in [3.8, 4) is 22.7 Å². The largest absolute Gasteiger partial charge is 0.492 e. The van der Waals surface area contributed by atoms with Crippen molar-refractivity contribution in [2.24, 2.45) is 0 Å². The number of para-hydroxylation sites is 1. The van der Waals surface area contributed by atoms with E-state index in [1.54, 1.807) is 9.58 Å². The number of hydrogen-bond donors (Lipinski definition) is 0. The molecule has 1 fully saturated rings. The summed E-state index contributed by atoms with van der Waals surface area (Å²) in [6.07, 6.45) is 4.63. The first kappa shape index (κ1) is 23.5. The number of carbonyl (C=O) groups excluding carboxylic acids is 1. The minimum absolute atomic E-state index is 0.0554. The molecule has 3 aromatic rings. The number of rotatable bonds is 7. The average Bonchev–Trinajstić information content (AvgIpc) is 3.36. The third kappa shape index (κ3) is 4.86. The van der Waals surface area contributed by atoms with Gasteiger partial charge in [0.1, 0.15) is 15.8 Å². The molecule has 1 atom stereocenters. The van der Waals surface area contributed by atoms with Crippen molar-refractivity contribution in [1.82, 2.24) is 14.7 Å². The van der Waals surface area contributed by atoms with E-state index >= 15 is 0 Å². The topological polar surface area (TPSA) is 47.4 Å². The maximum Gasteiger partial charge on any atom is 0.266 e. The number of hydrogen-bond acceptors (Lipinski definition) is 5. The van der Waals surface area contributed by atoms with Crippen LogP contribution in [0.4, 0.5) is 0 Å². The van der Waals surface area contributed by atoms with Gasteiger partial charge in [-0.2, -0.15) is 5.10 Å². The zero-order valence-electron chi connectivity index (χ0n) is 18.6. The van der Waals surface area contributed by atoms with Gasteiger partial charge in [0, 0.05) is 23.4 Å². The monoisotopic (exact) mass is 497 g/mol. The lowest BCUT2D eigenvalue weighted by Gasteiger charge is -2.21. The summed E-state index contributed by atoms with van der Waals surface area (Å²) in [4.78, 5) is 15.4. The molecule has 8 heteroatoms. The van der Waals surface area contributed by atoms with Crippen LogP contribution in [-0.2, 0) is 4.79 Å². The Morgan fingerprint density at radius 3 is 2.64 bits per heavy atom. The maximum atomic E-state index is 13.1. The van der Waals surface area contributed by atoms with Gasteiger partial charge in [-0.3, -0.25) is 9.69 Å². The molecule has 170 valence electrons. The predicted octanol–water partition coefficient (Wildman–Crippen LogP) is 6.59. The highest BCUT2D eigenvalue weighted by molar-refractivity contribution is 8.26. The molecule has 1 amide bonds. The lowest BCUT2D eigenvalue weighted by molar-refractivity contribution is -0.123. The summed E-state index contributed by atoms with van der Waals surface area (Å²) in [5.74, 6) is 0.559. The summed E-state index contributed by atoms with van der Waals surface area (Å²) in [7, 11) is 0. The second-order valence-electron chi connectivity index (χ2n) is 7.60. The van der Waals surface area contributed by atoms with Gasteiger partial charge in [-0.05, 0) is 56.7 Å². The Bertz CT molecular complexity index is 1220. The fourth-order valence-electron chi connectivity index (χ4n) is 3.53. The van der Waals surface area contributed by atoms with E-state index in [1.807, 2.05) is 81.6 Å². The molecular weight excluding hydrogens is 474 g/mol. The quantitative estimate of drug-likeness (QED) is 0.272. The second kappa shape index (κ2) is 10.1. The van der Waals surface area contributed by atoms with E-state index in [2.05, 4.69) is 0 Å². The molecule has 5 nitrogen and oxygen atoms in total. The first-order valence-electron chi connectivity index (χ1n) is 10.8. The number of thioether (sulfide) groups is 1. The van der Waals surface area contributed by atoms with E-state index < -0.39 is 0 Å². The first-order valence-corrected chi connectivity index (χ1v) is 12.4. The number of halogens is 1. The van der Waals surface area contributed by atoms with E-state index in [0.717, 1.165) is 28.9 Å². The fourth-order valence-corrected chi connectivity index (χ4v) is 5.22. The maximum absolute atomic E-state index is 13.1. The Kier molecular flexibility index (Phi) is 7.22. The highest BCUT2D eigenvalue weighted by Gasteiger charge is 2.35. The number of carbonyl (C=O) groups is 1. The number of aromatic nitrogens is 2. The van der Waals surface area contributed by atoms with Gasteiger partial charge in [-0.25, -0.2) is 4.68 Å². The molecule has 1 aliphatic heterocycles. The van der Waals surface area contributed by atoms with Gasteiger partial charge in [0.15, 0.2) is 0 Å². The molecule has 2 heterocycles. The fraction of sp³-hybridized carbons (Fsp3) is 0.240. The van der Waals surface area contributed by atoms with Crippen molar-refractivity contribution >= 4 is 51.9 Å². The number of amides is 1. The van der Waals surface area contributed by atoms with Crippen molar-refractivity contribution in [3.05, 3.63) is 70.2 Å². The Hall–Kier alpha value is -2.61. The van der Waals surface area contributed by atoms with Gasteiger partial charge in [-0.15, -0.1) is 0 Å². The van der Waals surface area contributed by atoms with Gasteiger partial charge in [-0.1, -0.05) is 60.7 Å². The third-order valence-corrected chi connectivity index (χ3v) is 7.04. The van der Waals surface area contributed by atoms with Crippen LogP contribution in [0.25, 0.3) is 23.0 Å². The van der Waals surface area contributed by atoms with Gasteiger partial charge in [0.05, 0.1) is 22.2 Å². The van der Waals surface area contributed by atoms with E-state index in [1.165, 1.54) is 11.8 Å². The van der Waals surface area contributed by atoms with Crippen LogP contribution in [0.2, 0.25) is 5.02 Å². The van der Waals surface area contributed by atoms with Crippen LogP contribution in [0.15, 0.2) is 59.6 Å². The minimum atomic E-state index is -0.0671. The molecule has 2 aromatic carbocycles. The molecule has 1 aromatic heterocycles. The molecule has 0 spiro atoms. The van der Waals surface area contributed by atoms with Crippen LogP contribution in [0.5, 0.6) is 5.75 Å². The van der Waals surface area contributed by atoms with E-state index in [-0.39, 0.29) is 11.9 Å². The number of benzene rings is 2. The Morgan fingerprint density at radius 1 is 1.21 bits per heavy atom. The molecule has 0 N–H and O–H groups in total. The molecule has 0 bridgehead atoms. The van der Waals surface area contributed by atoms with Crippen molar-refractivity contribution in [1.29, 1.82) is 0 Å². The van der Waals surface area contributed by atoms with E-state index in [4.69, 9.17) is 33.7 Å². The predicted molar refractivity (Wildman–Crippen MR) is 140 cm³/mol. The highest BCUT2D eigenvalue weighted by Crippen LogP contribution is 2.37. The Balaban J connectivity index is 1.80. The summed E-state index contributed by atoms with van der Waals surface area (Å²) in [6, 6.07) is 15.5. The van der Waals surface area contributed by atoms with E-state index in [0.29, 0.717) is 26.6 Å².